The lowest BCUT2D eigenvalue weighted by Gasteiger charge is -2.11. The number of aromatic hydroxyl groups is 1. The molecule has 88 valence electrons. The van der Waals surface area contributed by atoms with Gasteiger partial charge in [0.2, 0.25) is 0 Å². The highest BCUT2D eigenvalue weighted by Crippen LogP contribution is 2.26. The lowest BCUT2D eigenvalue weighted by molar-refractivity contribution is 0.469. The van der Waals surface area contributed by atoms with Crippen LogP contribution in [0.5, 0.6) is 5.75 Å². The van der Waals surface area contributed by atoms with Crippen molar-refractivity contribution >= 4 is 17.4 Å². The van der Waals surface area contributed by atoms with Crippen LogP contribution in [0.1, 0.15) is 5.56 Å². The van der Waals surface area contributed by atoms with Crippen LogP contribution in [0.15, 0.2) is 53.4 Å². The van der Waals surface area contributed by atoms with Crippen molar-refractivity contribution in [2.45, 2.75) is 11.4 Å². The van der Waals surface area contributed by atoms with Crippen molar-refractivity contribution in [3.63, 3.8) is 0 Å². The van der Waals surface area contributed by atoms with Crippen LogP contribution in [-0.2, 0) is 6.54 Å². The number of benzene rings is 2. The third kappa shape index (κ3) is 2.94. The van der Waals surface area contributed by atoms with E-state index in [-0.39, 0.29) is 0 Å². The molecule has 2 aromatic carbocycles. The Morgan fingerprint density at radius 3 is 2.53 bits per heavy atom. The second kappa shape index (κ2) is 5.64. The Balaban J connectivity index is 2.10. The third-order valence-corrected chi connectivity index (χ3v) is 3.36. The number of anilines is 1. The molecule has 0 fully saturated rings. The van der Waals surface area contributed by atoms with Crippen molar-refractivity contribution in [1.82, 2.24) is 0 Å². The highest BCUT2D eigenvalue weighted by Gasteiger charge is 2.02. The highest BCUT2D eigenvalue weighted by atomic mass is 32.2. The van der Waals surface area contributed by atoms with Crippen LogP contribution >= 0.6 is 11.8 Å². The standard InChI is InChI=1S/C14H15NOS/c1-17-14-9-5-3-7-12(14)15-10-11-6-2-4-8-13(11)16/h2-9,15-16H,10H2,1H3. The molecule has 0 aliphatic carbocycles. The summed E-state index contributed by atoms with van der Waals surface area (Å²) in [6.07, 6.45) is 2.06. The normalized spacial score (nSPS) is 10.2. The van der Waals surface area contributed by atoms with Crippen molar-refractivity contribution < 1.29 is 5.11 Å². The molecule has 2 nitrogen and oxygen atoms in total. The predicted octanol–water partition coefficient (Wildman–Crippen LogP) is 3.73. The van der Waals surface area contributed by atoms with Gasteiger partial charge in [-0.05, 0) is 24.5 Å². The fourth-order valence-electron chi connectivity index (χ4n) is 1.64. The largest absolute Gasteiger partial charge is 0.508 e. The summed E-state index contributed by atoms with van der Waals surface area (Å²) in [5.74, 6) is 0.335. The van der Waals surface area contributed by atoms with Gasteiger partial charge in [0.15, 0.2) is 0 Å². The molecule has 2 rings (SSSR count). The number of hydrogen-bond acceptors (Lipinski definition) is 3. The summed E-state index contributed by atoms with van der Waals surface area (Å²) in [5.41, 5.74) is 2.01. The van der Waals surface area contributed by atoms with E-state index >= 15 is 0 Å². The van der Waals surface area contributed by atoms with Crippen LogP contribution in [0.25, 0.3) is 0 Å². The summed E-state index contributed by atoms with van der Waals surface area (Å²) in [5, 5.41) is 13.0. The Kier molecular flexibility index (Phi) is 3.94. The zero-order valence-electron chi connectivity index (χ0n) is 9.68. The average molecular weight is 245 g/mol. The van der Waals surface area contributed by atoms with E-state index in [0.29, 0.717) is 12.3 Å². The highest BCUT2D eigenvalue weighted by molar-refractivity contribution is 7.98. The van der Waals surface area contributed by atoms with Gasteiger partial charge in [-0.2, -0.15) is 0 Å². The molecule has 0 bridgehead atoms. The third-order valence-electron chi connectivity index (χ3n) is 2.57. The molecule has 0 heterocycles. The number of nitrogens with one attached hydrogen (secondary N) is 1. The number of phenolic OH excluding ortho intramolecular Hbond substituents is 1. The summed E-state index contributed by atoms with van der Waals surface area (Å²) in [4.78, 5) is 1.21. The minimum atomic E-state index is 0.335. The van der Waals surface area contributed by atoms with Crippen LogP contribution in [0.4, 0.5) is 5.69 Å². The van der Waals surface area contributed by atoms with E-state index in [9.17, 15) is 5.11 Å². The van der Waals surface area contributed by atoms with Gasteiger partial charge in [0, 0.05) is 22.7 Å². The summed E-state index contributed by atoms with van der Waals surface area (Å²) >= 11 is 1.71. The molecule has 2 N–H and O–H groups in total. The number of hydrogen-bond donors (Lipinski definition) is 2. The van der Waals surface area contributed by atoms with Gasteiger partial charge in [-0.1, -0.05) is 30.3 Å². The lowest BCUT2D eigenvalue weighted by Crippen LogP contribution is -2.00. The van der Waals surface area contributed by atoms with Gasteiger partial charge in [0.25, 0.3) is 0 Å². The summed E-state index contributed by atoms with van der Waals surface area (Å²) < 4.78 is 0. The molecule has 17 heavy (non-hydrogen) atoms. The summed E-state index contributed by atoms with van der Waals surface area (Å²) in [6.45, 7) is 0.629. The van der Waals surface area contributed by atoms with E-state index in [1.54, 1.807) is 17.8 Å². The zero-order chi connectivity index (χ0) is 12.1. The minimum Gasteiger partial charge on any atom is -0.508 e. The van der Waals surface area contributed by atoms with Crippen molar-refractivity contribution in [2.75, 3.05) is 11.6 Å². The maximum Gasteiger partial charge on any atom is 0.120 e. The first-order valence-corrected chi connectivity index (χ1v) is 6.67. The number of thioether (sulfide) groups is 1. The smallest absolute Gasteiger partial charge is 0.120 e. The van der Waals surface area contributed by atoms with Gasteiger partial charge in [-0.15, -0.1) is 11.8 Å². The Bertz CT molecular complexity index is 499. The zero-order valence-corrected chi connectivity index (χ0v) is 10.5. The van der Waals surface area contributed by atoms with E-state index in [4.69, 9.17) is 0 Å². The van der Waals surface area contributed by atoms with Crippen LogP contribution in [0, 0.1) is 0 Å². The maximum atomic E-state index is 9.67. The first-order chi connectivity index (χ1) is 8.31. The Labute approximate surface area is 106 Å². The Hall–Kier alpha value is -1.61. The molecule has 0 aliphatic rings. The second-order valence-electron chi connectivity index (χ2n) is 3.68. The van der Waals surface area contributed by atoms with Gasteiger partial charge >= 0.3 is 0 Å². The Morgan fingerprint density at radius 1 is 1.06 bits per heavy atom. The second-order valence-corrected chi connectivity index (χ2v) is 4.53. The van der Waals surface area contributed by atoms with E-state index in [0.717, 1.165) is 11.3 Å². The minimum absolute atomic E-state index is 0.335. The molecule has 0 atom stereocenters. The fraction of sp³-hybridized carbons (Fsp3) is 0.143. The van der Waals surface area contributed by atoms with Crippen molar-refractivity contribution in [1.29, 1.82) is 0 Å². The SMILES string of the molecule is CSc1ccccc1NCc1ccccc1O. The molecular formula is C14H15NOS. The first kappa shape index (κ1) is 11.9. The fourth-order valence-corrected chi connectivity index (χ4v) is 2.22. The molecule has 0 unspecified atom stereocenters. The van der Waals surface area contributed by atoms with Crippen LogP contribution in [-0.4, -0.2) is 11.4 Å². The van der Waals surface area contributed by atoms with E-state index in [1.165, 1.54) is 4.90 Å². The number of para-hydroxylation sites is 2. The summed E-state index contributed by atoms with van der Waals surface area (Å²) in [6, 6.07) is 15.5. The maximum absolute atomic E-state index is 9.67. The van der Waals surface area contributed by atoms with Gasteiger partial charge in [0.05, 0.1) is 0 Å². The van der Waals surface area contributed by atoms with Crippen molar-refractivity contribution in [2.24, 2.45) is 0 Å². The molecule has 2 aromatic rings. The first-order valence-electron chi connectivity index (χ1n) is 5.45. The van der Waals surface area contributed by atoms with E-state index in [2.05, 4.69) is 17.6 Å². The molecule has 0 amide bonds. The molecule has 0 radical (unpaired) electrons. The molecule has 0 aliphatic heterocycles. The monoisotopic (exact) mass is 245 g/mol. The van der Waals surface area contributed by atoms with Gasteiger partial charge in [-0.25, -0.2) is 0 Å². The predicted molar refractivity (Wildman–Crippen MR) is 73.7 cm³/mol. The van der Waals surface area contributed by atoms with Gasteiger partial charge < -0.3 is 10.4 Å². The molecular weight excluding hydrogens is 230 g/mol. The number of phenols is 1. The molecule has 3 heteroatoms. The Morgan fingerprint density at radius 2 is 1.76 bits per heavy atom. The lowest BCUT2D eigenvalue weighted by atomic mass is 10.2. The quantitative estimate of drug-likeness (QED) is 0.805. The van der Waals surface area contributed by atoms with Crippen LogP contribution < -0.4 is 5.32 Å². The van der Waals surface area contributed by atoms with Gasteiger partial charge in [-0.3, -0.25) is 0 Å². The molecule has 0 saturated heterocycles. The summed E-state index contributed by atoms with van der Waals surface area (Å²) in [7, 11) is 0. The van der Waals surface area contributed by atoms with Gasteiger partial charge in [0.1, 0.15) is 5.75 Å². The molecule has 0 saturated carbocycles. The molecule has 0 spiro atoms. The van der Waals surface area contributed by atoms with Crippen molar-refractivity contribution in [3.8, 4) is 5.75 Å². The van der Waals surface area contributed by atoms with E-state index in [1.807, 2.05) is 36.4 Å². The van der Waals surface area contributed by atoms with Crippen LogP contribution in [0.2, 0.25) is 0 Å². The number of rotatable bonds is 4. The molecule has 0 aromatic heterocycles. The van der Waals surface area contributed by atoms with E-state index < -0.39 is 0 Å². The average Bonchev–Trinajstić information content (AvgIpc) is 2.38. The van der Waals surface area contributed by atoms with Crippen molar-refractivity contribution in [3.05, 3.63) is 54.1 Å². The van der Waals surface area contributed by atoms with Crippen LogP contribution in [0.3, 0.4) is 0 Å². The topological polar surface area (TPSA) is 32.3 Å².